The molecule has 4 nitrogen and oxygen atoms in total. The predicted molar refractivity (Wildman–Crippen MR) is 80.4 cm³/mol. The number of benzene rings is 1. The van der Waals surface area contributed by atoms with E-state index >= 15 is 0 Å². The summed E-state index contributed by atoms with van der Waals surface area (Å²) in [7, 11) is 0. The monoisotopic (exact) mass is 323 g/mol. The fourth-order valence-corrected chi connectivity index (χ4v) is 3.21. The molecule has 0 spiro atoms. The molecule has 1 heterocycles. The summed E-state index contributed by atoms with van der Waals surface area (Å²) in [5.41, 5.74) is 2.81. The molecule has 0 aliphatic heterocycles. The molecule has 0 bridgehead atoms. The lowest BCUT2D eigenvalue weighted by atomic mass is 10.0. The minimum atomic E-state index is -0.152. The number of aromatic nitrogens is 2. The van der Waals surface area contributed by atoms with Gasteiger partial charge in [0.25, 0.3) is 0 Å². The zero-order valence-corrected chi connectivity index (χ0v) is 12.5. The Labute approximate surface area is 120 Å². The van der Waals surface area contributed by atoms with Crippen molar-refractivity contribution in [2.45, 2.75) is 32.2 Å². The van der Waals surface area contributed by atoms with Crippen LogP contribution in [-0.4, -0.2) is 16.5 Å². The Kier molecular flexibility index (Phi) is 3.50. The number of hydrogen-bond acceptors (Lipinski definition) is 2. The van der Waals surface area contributed by atoms with Crippen LogP contribution in [0.25, 0.3) is 11.0 Å². The first-order chi connectivity index (χ1) is 9.17. The van der Waals surface area contributed by atoms with Crippen molar-refractivity contribution < 1.29 is 0 Å². The Morgan fingerprint density at radius 1 is 1.37 bits per heavy atom. The molecule has 19 heavy (non-hydrogen) atoms. The normalized spacial score (nSPS) is 16.9. The molecule has 3 N–H and O–H groups in total. The van der Waals surface area contributed by atoms with Gasteiger partial charge in [-0.05, 0) is 36.6 Å². The summed E-state index contributed by atoms with van der Waals surface area (Å²) in [5.74, 6) is 0.858. The van der Waals surface area contributed by atoms with Crippen molar-refractivity contribution in [2.75, 3.05) is 6.54 Å². The summed E-state index contributed by atoms with van der Waals surface area (Å²) in [6.45, 7) is 3.08. The summed E-state index contributed by atoms with van der Waals surface area (Å²) in [6.07, 6.45) is 3.87. The quantitative estimate of drug-likeness (QED) is 0.791. The van der Waals surface area contributed by atoms with E-state index in [0.717, 1.165) is 28.0 Å². The van der Waals surface area contributed by atoms with Crippen LogP contribution in [0.15, 0.2) is 21.4 Å². The van der Waals surface area contributed by atoms with Crippen molar-refractivity contribution >= 4 is 27.0 Å². The molecule has 1 aromatic carbocycles. The van der Waals surface area contributed by atoms with Gasteiger partial charge in [-0.2, -0.15) is 0 Å². The highest BCUT2D eigenvalue weighted by Crippen LogP contribution is 2.39. The van der Waals surface area contributed by atoms with E-state index < -0.39 is 0 Å². The van der Waals surface area contributed by atoms with Crippen molar-refractivity contribution in [2.24, 2.45) is 5.92 Å². The van der Waals surface area contributed by atoms with Gasteiger partial charge in [0.15, 0.2) is 0 Å². The fourth-order valence-electron chi connectivity index (χ4n) is 2.59. The standard InChI is InChI=1S/C14H18BrN3O/c1-2-16-11(5-8-3-4-8)9-6-12-13(7-10(9)15)18-14(19)17-12/h6-8,11,16H,2-5H2,1H3,(H2,17,18,19). The van der Waals surface area contributed by atoms with Crippen LogP contribution in [0.3, 0.4) is 0 Å². The second kappa shape index (κ2) is 5.13. The van der Waals surface area contributed by atoms with Gasteiger partial charge in [-0.3, -0.25) is 0 Å². The van der Waals surface area contributed by atoms with E-state index in [4.69, 9.17) is 0 Å². The first-order valence-electron chi connectivity index (χ1n) is 6.82. The molecule has 102 valence electrons. The number of hydrogen-bond donors (Lipinski definition) is 3. The van der Waals surface area contributed by atoms with Gasteiger partial charge in [0.05, 0.1) is 11.0 Å². The molecule has 1 atom stereocenters. The highest BCUT2D eigenvalue weighted by atomic mass is 79.9. The molecule has 5 heteroatoms. The van der Waals surface area contributed by atoms with Gasteiger partial charge in [0.2, 0.25) is 0 Å². The van der Waals surface area contributed by atoms with Crippen molar-refractivity contribution in [1.29, 1.82) is 0 Å². The Balaban J connectivity index is 1.99. The minimum absolute atomic E-state index is 0.152. The van der Waals surface area contributed by atoms with Crippen molar-refractivity contribution in [1.82, 2.24) is 15.3 Å². The molecule has 1 aromatic heterocycles. The number of nitrogens with one attached hydrogen (secondary N) is 3. The van der Waals surface area contributed by atoms with Crippen LogP contribution >= 0.6 is 15.9 Å². The Morgan fingerprint density at radius 2 is 2.05 bits per heavy atom. The third-order valence-electron chi connectivity index (χ3n) is 3.73. The van der Waals surface area contributed by atoms with Crippen LogP contribution < -0.4 is 11.0 Å². The highest BCUT2D eigenvalue weighted by Gasteiger charge is 2.27. The minimum Gasteiger partial charge on any atom is -0.310 e. The Morgan fingerprint density at radius 3 is 2.68 bits per heavy atom. The number of rotatable bonds is 5. The van der Waals surface area contributed by atoms with Crippen molar-refractivity contribution in [3.8, 4) is 0 Å². The van der Waals surface area contributed by atoms with Crippen molar-refractivity contribution in [3.05, 3.63) is 32.7 Å². The van der Waals surface area contributed by atoms with Crippen LogP contribution in [0.5, 0.6) is 0 Å². The molecule has 1 fully saturated rings. The Bertz CT molecular complexity index is 642. The van der Waals surface area contributed by atoms with Crippen LogP contribution in [0.2, 0.25) is 0 Å². The van der Waals surface area contributed by atoms with Crippen LogP contribution in [0.1, 0.15) is 37.8 Å². The van der Waals surface area contributed by atoms with Gasteiger partial charge in [-0.25, -0.2) is 4.79 Å². The van der Waals surface area contributed by atoms with Crippen LogP contribution in [0, 0.1) is 5.92 Å². The number of aromatic amines is 2. The van der Waals surface area contributed by atoms with E-state index in [1.807, 2.05) is 6.07 Å². The lowest BCUT2D eigenvalue weighted by Gasteiger charge is -2.19. The van der Waals surface area contributed by atoms with Gasteiger partial charge >= 0.3 is 5.69 Å². The topological polar surface area (TPSA) is 60.7 Å². The predicted octanol–water partition coefficient (Wildman–Crippen LogP) is 3.07. The van der Waals surface area contributed by atoms with E-state index in [-0.39, 0.29) is 5.69 Å². The molecule has 1 aliphatic carbocycles. The van der Waals surface area contributed by atoms with E-state index in [2.05, 4.69) is 44.2 Å². The maximum absolute atomic E-state index is 11.4. The number of halogens is 1. The average Bonchev–Trinajstić information content (AvgIpc) is 3.09. The van der Waals surface area contributed by atoms with Crippen LogP contribution in [-0.2, 0) is 0 Å². The maximum atomic E-state index is 11.4. The number of imidazole rings is 1. The van der Waals surface area contributed by atoms with Gasteiger partial charge in [0, 0.05) is 10.5 Å². The zero-order valence-electron chi connectivity index (χ0n) is 10.9. The molecule has 1 saturated carbocycles. The molecular weight excluding hydrogens is 306 g/mol. The number of fused-ring (bicyclic) bond motifs is 1. The van der Waals surface area contributed by atoms with Gasteiger partial charge in [0.1, 0.15) is 0 Å². The fraction of sp³-hybridized carbons (Fsp3) is 0.500. The van der Waals surface area contributed by atoms with Crippen LogP contribution in [0.4, 0.5) is 0 Å². The molecule has 0 saturated heterocycles. The lowest BCUT2D eigenvalue weighted by molar-refractivity contribution is 0.486. The highest BCUT2D eigenvalue weighted by molar-refractivity contribution is 9.10. The summed E-state index contributed by atoms with van der Waals surface area (Å²) < 4.78 is 1.06. The molecule has 1 unspecified atom stereocenters. The second-order valence-electron chi connectivity index (χ2n) is 5.29. The third-order valence-corrected chi connectivity index (χ3v) is 4.41. The van der Waals surface area contributed by atoms with E-state index in [9.17, 15) is 4.79 Å². The van der Waals surface area contributed by atoms with Gasteiger partial charge in [-0.15, -0.1) is 0 Å². The van der Waals surface area contributed by atoms with Crippen molar-refractivity contribution in [3.63, 3.8) is 0 Å². The van der Waals surface area contributed by atoms with E-state index in [1.54, 1.807) is 0 Å². The summed E-state index contributed by atoms with van der Waals surface area (Å²) in [6, 6.07) is 4.42. The smallest absolute Gasteiger partial charge is 0.310 e. The molecule has 0 radical (unpaired) electrons. The molecule has 3 rings (SSSR count). The first kappa shape index (κ1) is 12.9. The lowest BCUT2D eigenvalue weighted by Crippen LogP contribution is -2.21. The summed E-state index contributed by atoms with van der Waals surface area (Å²) in [5, 5.41) is 3.55. The Hall–Kier alpha value is -1.07. The SMILES string of the molecule is CCNC(CC1CC1)c1cc2[nH]c(=O)[nH]c2cc1Br. The molecule has 1 aliphatic rings. The van der Waals surface area contributed by atoms with Gasteiger partial charge in [-0.1, -0.05) is 35.7 Å². The summed E-state index contributed by atoms with van der Waals surface area (Å²) >= 11 is 3.63. The molecular formula is C14H18BrN3O. The summed E-state index contributed by atoms with van der Waals surface area (Å²) in [4.78, 5) is 17.0. The largest absolute Gasteiger partial charge is 0.323 e. The number of H-pyrrole nitrogens is 2. The van der Waals surface area contributed by atoms with Gasteiger partial charge < -0.3 is 15.3 Å². The molecule has 2 aromatic rings. The third kappa shape index (κ3) is 2.77. The van der Waals surface area contributed by atoms with E-state index in [1.165, 1.54) is 24.8 Å². The molecule has 0 amide bonds. The second-order valence-corrected chi connectivity index (χ2v) is 6.14. The average molecular weight is 324 g/mol. The first-order valence-corrected chi connectivity index (χ1v) is 7.61. The van der Waals surface area contributed by atoms with E-state index in [0.29, 0.717) is 6.04 Å². The zero-order chi connectivity index (χ0) is 13.4. The maximum Gasteiger partial charge on any atom is 0.323 e.